The lowest BCUT2D eigenvalue weighted by molar-refractivity contribution is -0.137. The fourth-order valence-corrected chi connectivity index (χ4v) is 1.87. The molecular weight excluding hydrogens is 236 g/mol. The van der Waals surface area contributed by atoms with Crippen LogP contribution >= 0.6 is 0 Å². The molecule has 1 heterocycles. The minimum absolute atomic E-state index is 0.0124. The average molecular weight is 256 g/mol. The summed E-state index contributed by atoms with van der Waals surface area (Å²) in [7, 11) is 0. The molecule has 0 fully saturated rings. The second kappa shape index (κ2) is 6.49. The summed E-state index contributed by atoms with van der Waals surface area (Å²) < 4.78 is 10.8. The summed E-state index contributed by atoms with van der Waals surface area (Å²) in [5.74, 6) is -0.0232. The van der Waals surface area contributed by atoms with Gasteiger partial charge in [-0.05, 0) is 19.8 Å². The number of carboxylic acids is 1. The number of carbonyl (C=O) groups is 1. The third-order valence-electron chi connectivity index (χ3n) is 2.99. The van der Waals surface area contributed by atoms with E-state index in [9.17, 15) is 4.79 Å². The van der Waals surface area contributed by atoms with Gasteiger partial charge in [0.1, 0.15) is 5.60 Å². The van der Waals surface area contributed by atoms with Crippen LogP contribution in [0.4, 0.5) is 0 Å². The molecule has 0 spiro atoms. The fraction of sp³-hybridized carbons (Fsp3) is 0.750. The van der Waals surface area contributed by atoms with Crippen molar-refractivity contribution >= 4 is 5.97 Å². The number of aromatic nitrogens is 2. The number of carboxylic acid groups (broad SMARTS) is 1. The molecule has 18 heavy (non-hydrogen) atoms. The Bertz CT molecular complexity index is 385. The van der Waals surface area contributed by atoms with E-state index >= 15 is 0 Å². The Kier molecular flexibility index (Phi) is 5.27. The second-order valence-electron chi connectivity index (χ2n) is 4.04. The number of nitrogens with zero attached hydrogens (tertiary/aromatic N) is 2. The predicted molar refractivity (Wildman–Crippen MR) is 64.1 cm³/mol. The van der Waals surface area contributed by atoms with Crippen LogP contribution in [0.5, 0.6) is 0 Å². The lowest BCUT2D eigenvalue weighted by atomic mass is 9.96. The van der Waals surface area contributed by atoms with Crippen LogP contribution in [0.25, 0.3) is 0 Å². The van der Waals surface area contributed by atoms with Gasteiger partial charge in [-0.2, -0.15) is 4.98 Å². The van der Waals surface area contributed by atoms with E-state index in [4.69, 9.17) is 14.4 Å². The lowest BCUT2D eigenvalue weighted by Crippen LogP contribution is -2.29. The molecule has 0 radical (unpaired) electrons. The molecule has 1 rings (SSSR count). The molecule has 0 unspecified atom stereocenters. The molecule has 0 aliphatic carbocycles. The van der Waals surface area contributed by atoms with E-state index in [1.165, 1.54) is 0 Å². The Morgan fingerprint density at radius 1 is 1.39 bits per heavy atom. The Hall–Kier alpha value is -1.43. The quantitative estimate of drug-likeness (QED) is 0.767. The summed E-state index contributed by atoms with van der Waals surface area (Å²) in [5, 5.41) is 12.5. The van der Waals surface area contributed by atoms with Crippen LogP contribution in [0.2, 0.25) is 0 Å². The summed E-state index contributed by atoms with van der Waals surface area (Å²) in [6.07, 6.45) is 1.73. The molecule has 1 aromatic rings. The van der Waals surface area contributed by atoms with Crippen molar-refractivity contribution in [2.24, 2.45) is 0 Å². The molecule has 1 N–H and O–H groups in total. The molecule has 0 bridgehead atoms. The zero-order chi connectivity index (χ0) is 13.6. The van der Waals surface area contributed by atoms with Crippen molar-refractivity contribution in [1.29, 1.82) is 0 Å². The van der Waals surface area contributed by atoms with Crippen molar-refractivity contribution in [3.63, 3.8) is 0 Å². The van der Waals surface area contributed by atoms with Crippen LogP contribution in [0.3, 0.4) is 0 Å². The number of ether oxygens (including phenoxy) is 1. The maximum atomic E-state index is 10.5. The van der Waals surface area contributed by atoms with Gasteiger partial charge >= 0.3 is 5.97 Å². The molecule has 6 nitrogen and oxygen atoms in total. The lowest BCUT2D eigenvalue weighted by Gasteiger charge is -2.27. The smallest absolute Gasteiger partial charge is 0.303 e. The van der Waals surface area contributed by atoms with E-state index in [0.29, 0.717) is 18.3 Å². The molecule has 0 atom stereocenters. The first-order chi connectivity index (χ1) is 8.57. The standard InChI is InChI=1S/C12H20N2O4/c1-4-12(5-2,17-6-3)11-13-9(18-14-11)7-8-10(15)16/h4-8H2,1-3H3,(H,15,16). The number of rotatable bonds is 8. The summed E-state index contributed by atoms with van der Waals surface area (Å²) in [6, 6.07) is 0. The highest BCUT2D eigenvalue weighted by Gasteiger charge is 2.34. The molecule has 0 aromatic carbocycles. The topological polar surface area (TPSA) is 85.5 Å². The fourth-order valence-electron chi connectivity index (χ4n) is 1.87. The zero-order valence-electron chi connectivity index (χ0n) is 11.1. The number of aliphatic carboxylic acids is 1. The Labute approximate surface area is 106 Å². The predicted octanol–water partition coefficient (Wildman–Crippen LogP) is 2.14. The molecule has 0 saturated carbocycles. The largest absolute Gasteiger partial charge is 0.481 e. The normalized spacial score (nSPS) is 11.7. The van der Waals surface area contributed by atoms with Gasteiger partial charge in [0.25, 0.3) is 0 Å². The first-order valence-electron chi connectivity index (χ1n) is 6.26. The van der Waals surface area contributed by atoms with E-state index in [0.717, 1.165) is 12.8 Å². The average Bonchev–Trinajstić information content (AvgIpc) is 2.83. The van der Waals surface area contributed by atoms with Gasteiger partial charge in [0.15, 0.2) is 0 Å². The van der Waals surface area contributed by atoms with Crippen molar-refractivity contribution in [3.8, 4) is 0 Å². The van der Waals surface area contributed by atoms with E-state index in [1.807, 2.05) is 20.8 Å². The molecular formula is C12H20N2O4. The summed E-state index contributed by atoms with van der Waals surface area (Å²) >= 11 is 0. The molecule has 0 amide bonds. The van der Waals surface area contributed by atoms with Crippen LogP contribution in [0.1, 0.15) is 51.7 Å². The van der Waals surface area contributed by atoms with E-state index in [2.05, 4.69) is 10.1 Å². The Balaban J connectivity index is 2.83. The first-order valence-corrected chi connectivity index (χ1v) is 6.26. The SMILES string of the molecule is CCOC(CC)(CC)c1noc(CCC(=O)O)n1. The van der Waals surface area contributed by atoms with Crippen molar-refractivity contribution in [2.45, 2.75) is 52.1 Å². The highest BCUT2D eigenvalue weighted by atomic mass is 16.5. The van der Waals surface area contributed by atoms with Crippen LogP contribution in [0.15, 0.2) is 4.52 Å². The maximum absolute atomic E-state index is 10.5. The van der Waals surface area contributed by atoms with Gasteiger partial charge in [-0.3, -0.25) is 4.79 Å². The van der Waals surface area contributed by atoms with Crippen LogP contribution in [0, 0.1) is 0 Å². The Morgan fingerprint density at radius 3 is 2.56 bits per heavy atom. The maximum Gasteiger partial charge on any atom is 0.303 e. The highest BCUT2D eigenvalue weighted by molar-refractivity contribution is 5.66. The third kappa shape index (κ3) is 3.29. The van der Waals surface area contributed by atoms with Crippen molar-refractivity contribution in [1.82, 2.24) is 10.1 Å². The molecule has 0 saturated heterocycles. The van der Waals surface area contributed by atoms with Crippen molar-refractivity contribution < 1.29 is 19.2 Å². The van der Waals surface area contributed by atoms with Gasteiger partial charge in [0, 0.05) is 13.0 Å². The van der Waals surface area contributed by atoms with E-state index < -0.39 is 11.6 Å². The third-order valence-corrected chi connectivity index (χ3v) is 2.99. The summed E-state index contributed by atoms with van der Waals surface area (Å²) in [5.41, 5.74) is -0.528. The molecule has 0 aliphatic heterocycles. The monoisotopic (exact) mass is 256 g/mol. The summed E-state index contributed by atoms with van der Waals surface area (Å²) in [6.45, 7) is 6.51. The molecule has 0 aliphatic rings. The van der Waals surface area contributed by atoms with Gasteiger partial charge < -0.3 is 14.4 Å². The highest BCUT2D eigenvalue weighted by Crippen LogP contribution is 2.30. The van der Waals surface area contributed by atoms with Gasteiger partial charge in [0.2, 0.25) is 11.7 Å². The zero-order valence-corrected chi connectivity index (χ0v) is 11.1. The first kappa shape index (κ1) is 14.6. The van der Waals surface area contributed by atoms with Crippen LogP contribution in [-0.2, 0) is 21.6 Å². The summed E-state index contributed by atoms with van der Waals surface area (Å²) in [4.78, 5) is 14.7. The van der Waals surface area contributed by atoms with Gasteiger partial charge in [-0.1, -0.05) is 19.0 Å². The number of hydrogen-bond acceptors (Lipinski definition) is 5. The van der Waals surface area contributed by atoms with Gasteiger partial charge in [0.05, 0.1) is 6.42 Å². The molecule has 6 heteroatoms. The number of hydrogen-bond donors (Lipinski definition) is 1. The Morgan fingerprint density at radius 2 is 2.06 bits per heavy atom. The second-order valence-corrected chi connectivity index (χ2v) is 4.04. The van der Waals surface area contributed by atoms with E-state index in [-0.39, 0.29) is 12.8 Å². The van der Waals surface area contributed by atoms with E-state index in [1.54, 1.807) is 0 Å². The minimum atomic E-state index is -0.878. The molecule has 1 aromatic heterocycles. The van der Waals surface area contributed by atoms with Crippen LogP contribution in [-0.4, -0.2) is 27.8 Å². The minimum Gasteiger partial charge on any atom is -0.481 e. The molecule has 102 valence electrons. The van der Waals surface area contributed by atoms with Crippen molar-refractivity contribution in [2.75, 3.05) is 6.61 Å². The number of aryl methyl sites for hydroxylation is 1. The van der Waals surface area contributed by atoms with Crippen LogP contribution < -0.4 is 0 Å². The van der Waals surface area contributed by atoms with Crippen molar-refractivity contribution in [3.05, 3.63) is 11.7 Å². The van der Waals surface area contributed by atoms with Gasteiger partial charge in [-0.25, -0.2) is 0 Å². The van der Waals surface area contributed by atoms with Gasteiger partial charge in [-0.15, -0.1) is 0 Å².